The molecule has 1 unspecified atom stereocenters. The van der Waals surface area contributed by atoms with Gasteiger partial charge in [0, 0.05) is 39.9 Å². The van der Waals surface area contributed by atoms with E-state index >= 15 is 0 Å². The van der Waals surface area contributed by atoms with Crippen molar-refractivity contribution in [1.82, 2.24) is 9.80 Å². The standard InChI is InChI=1S/C13H29N3O/c1-13(11-14)12-16-6-3-5-15(8-9-16)7-4-10-17-2/h13H,3-12,14H2,1-2H3. The van der Waals surface area contributed by atoms with Crippen molar-refractivity contribution in [2.45, 2.75) is 19.8 Å². The monoisotopic (exact) mass is 243 g/mol. The van der Waals surface area contributed by atoms with Crippen LogP contribution in [-0.2, 0) is 4.74 Å². The Morgan fingerprint density at radius 2 is 1.88 bits per heavy atom. The van der Waals surface area contributed by atoms with Crippen LogP contribution in [0.4, 0.5) is 0 Å². The van der Waals surface area contributed by atoms with Crippen molar-refractivity contribution in [3.63, 3.8) is 0 Å². The third-order valence-electron chi connectivity index (χ3n) is 3.48. The average molecular weight is 243 g/mol. The third-order valence-corrected chi connectivity index (χ3v) is 3.48. The maximum Gasteiger partial charge on any atom is 0.0474 e. The number of nitrogens with zero attached hydrogens (tertiary/aromatic N) is 2. The Kier molecular flexibility index (Phi) is 7.77. The molecule has 0 spiro atoms. The lowest BCUT2D eigenvalue weighted by Gasteiger charge is -2.23. The molecule has 0 bridgehead atoms. The van der Waals surface area contributed by atoms with E-state index in [1.54, 1.807) is 7.11 Å². The van der Waals surface area contributed by atoms with E-state index in [9.17, 15) is 0 Å². The van der Waals surface area contributed by atoms with Crippen LogP contribution >= 0.6 is 0 Å². The molecule has 0 radical (unpaired) electrons. The molecule has 0 saturated carbocycles. The van der Waals surface area contributed by atoms with Crippen LogP contribution < -0.4 is 5.73 Å². The Balaban J connectivity index is 2.19. The van der Waals surface area contributed by atoms with Crippen LogP contribution in [0.15, 0.2) is 0 Å². The lowest BCUT2D eigenvalue weighted by molar-refractivity contribution is 0.171. The van der Waals surface area contributed by atoms with E-state index in [2.05, 4.69) is 16.7 Å². The Bertz CT molecular complexity index is 190. The molecule has 17 heavy (non-hydrogen) atoms. The first-order valence-corrected chi connectivity index (χ1v) is 6.90. The molecule has 102 valence electrons. The number of rotatable bonds is 7. The normalized spacial score (nSPS) is 21.4. The Labute approximate surface area is 106 Å². The van der Waals surface area contributed by atoms with Crippen LogP contribution in [0, 0.1) is 5.92 Å². The zero-order valence-electron chi connectivity index (χ0n) is 11.5. The Morgan fingerprint density at radius 3 is 2.59 bits per heavy atom. The summed E-state index contributed by atoms with van der Waals surface area (Å²) in [5.74, 6) is 0.620. The van der Waals surface area contributed by atoms with Crippen LogP contribution in [0.3, 0.4) is 0 Å². The first kappa shape index (κ1) is 14.9. The summed E-state index contributed by atoms with van der Waals surface area (Å²) in [6.45, 7) is 11.1. The molecule has 1 saturated heterocycles. The fraction of sp³-hybridized carbons (Fsp3) is 1.00. The molecule has 1 heterocycles. The van der Waals surface area contributed by atoms with Gasteiger partial charge in [0.05, 0.1) is 0 Å². The maximum atomic E-state index is 5.69. The molecule has 0 aromatic carbocycles. The first-order chi connectivity index (χ1) is 8.26. The van der Waals surface area contributed by atoms with Crippen molar-refractivity contribution in [1.29, 1.82) is 0 Å². The maximum absolute atomic E-state index is 5.69. The van der Waals surface area contributed by atoms with Gasteiger partial charge < -0.3 is 20.3 Å². The molecule has 0 aliphatic carbocycles. The molecule has 2 N–H and O–H groups in total. The van der Waals surface area contributed by atoms with Crippen LogP contribution in [0.2, 0.25) is 0 Å². The number of methoxy groups -OCH3 is 1. The average Bonchev–Trinajstić information content (AvgIpc) is 2.55. The molecule has 1 fully saturated rings. The minimum absolute atomic E-state index is 0.620. The molecule has 0 amide bonds. The van der Waals surface area contributed by atoms with E-state index in [4.69, 9.17) is 10.5 Å². The number of nitrogens with two attached hydrogens (primary N) is 1. The van der Waals surface area contributed by atoms with Crippen LogP contribution in [0.1, 0.15) is 19.8 Å². The van der Waals surface area contributed by atoms with E-state index in [0.717, 1.165) is 26.1 Å². The van der Waals surface area contributed by atoms with Gasteiger partial charge in [-0.1, -0.05) is 6.92 Å². The lowest BCUT2D eigenvalue weighted by Crippen LogP contribution is -2.35. The second-order valence-electron chi connectivity index (χ2n) is 5.18. The molecular weight excluding hydrogens is 214 g/mol. The summed E-state index contributed by atoms with van der Waals surface area (Å²) in [7, 11) is 1.78. The van der Waals surface area contributed by atoms with Gasteiger partial charge in [-0.25, -0.2) is 0 Å². The topological polar surface area (TPSA) is 41.7 Å². The van der Waals surface area contributed by atoms with Gasteiger partial charge in [0.15, 0.2) is 0 Å². The summed E-state index contributed by atoms with van der Waals surface area (Å²) in [5.41, 5.74) is 5.69. The fourth-order valence-electron chi connectivity index (χ4n) is 2.38. The van der Waals surface area contributed by atoms with Gasteiger partial charge in [0.25, 0.3) is 0 Å². The predicted octanol–water partition coefficient (Wildman–Crippen LogP) is 0.625. The quantitative estimate of drug-likeness (QED) is 0.666. The highest BCUT2D eigenvalue weighted by Gasteiger charge is 2.15. The Morgan fingerprint density at radius 1 is 1.18 bits per heavy atom. The van der Waals surface area contributed by atoms with Crippen molar-refractivity contribution in [3.8, 4) is 0 Å². The van der Waals surface area contributed by atoms with E-state index in [1.807, 2.05) is 0 Å². The molecule has 0 aromatic heterocycles. The minimum Gasteiger partial charge on any atom is -0.385 e. The van der Waals surface area contributed by atoms with Gasteiger partial charge in [0.1, 0.15) is 0 Å². The summed E-state index contributed by atoms with van der Waals surface area (Å²) in [5, 5.41) is 0. The summed E-state index contributed by atoms with van der Waals surface area (Å²) < 4.78 is 5.10. The third kappa shape index (κ3) is 6.36. The second-order valence-corrected chi connectivity index (χ2v) is 5.18. The molecule has 4 nitrogen and oxygen atoms in total. The summed E-state index contributed by atoms with van der Waals surface area (Å²) in [4.78, 5) is 5.12. The SMILES string of the molecule is COCCCN1CCCN(CC(C)CN)CC1. The van der Waals surface area contributed by atoms with Crippen LogP contribution in [0.25, 0.3) is 0 Å². The van der Waals surface area contributed by atoms with Crippen LogP contribution in [-0.4, -0.2) is 69.3 Å². The molecule has 0 aromatic rings. The van der Waals surface area contributed by atoms with Crippen molar-refractivity contribution in [3.05, 3.63) is 0 Å². The molecule has 1 aliphatic rings. The zero-order valence-corrected chi connectivity index (χ0v) is 11.5. The zero-order chi connectivity index (χ0) is 12.5. The number of hydrogen-bond acceptors (Lipinski definition) is 4. The van der Waals surface area contributed by atoms with E-state index < -0.39 is 0 Å². The van der Waals surface area contributed by atoms with Crippen molar-refractivity contribution in [2.24, 2.45) is 11.7 Å². The van der Waals surface area contributed by atoms with Gasteiger partial charge in [-0.3, -0.25) is 0 Å². The highest BCUT2D eigenvalue weighted by molar-refractivity contribution is 4.71. The smallest absolute Gasteiger partial charge is 0.0474 e. The van der Waals surface area contributed by atoms with Gasteiger partial charge >= 0.3 is 0 Å². The molecule has 4 heteroatoms. The van der Waals surface area contributed by atoms with E-state index in [-0.39, 0.29) is 0 Å². The summed E-state index contributed by atoms with van der Waals surface area (Å²) >= 11 is 0. The fourth-order valence-corrected chi connectivity index (χ4v) is 2.38. The summed E-state index contributed by atoms with van der Waals surface area (Å²) in [6, 6.07) is 0. The molecule has 1 rings (SSSR count). The highest BCUT2D eigenvalue weighted by Crippen LogP contribution is 2.06. The minimum atomic E-state index is 0.620. The summed E-state index contributed by atoms with van der Waals surface area (Å²) in [6.07, 6.45) is 2.43. The van der Waals surface area contributed by atoms with Crippen LogP contribution in [0.5, 0.6) is 0 Å². The second kappa shape index (κ2) is 8.86. The highest BCUT2D eigenvalue weighted by atomic mass is 16.5. The van der Waals surface area contributed by atoms with Gasteiger partial charge in [-0.15, -0.1) is 0 Å². The first-order valence-electron chi connectivity index (χ1n) is 6.90. The predicted molar refractivity (Wildman–Crippen MR) is 72.2 cm³/mol. The molecule has 1 atom stereocenters. The van der Waals surface area contributed by atoms with Crippen molar-refractivity contribution in [2.75, 3.05) is 59.5 Å². The van der Waals surface area contributed by atoms with Gasteiger partial charge in [0.2, 0.25) is 0 Å². The molecule has 1 aliphatic heterocycles. The largest absolute Gasteiger partial charge is 0.385 e. The molecular formula is C13H29N3O. The van der Waals surface area contributed by atoms with Gasteiger partial charge in [-0.05, 0) is 38.4 Å². The van der Waals surface area contributed by atoms with E-state index in [0.29, 0.717) is 5.92 Å². The van der Waals surface area contributed by atoms with Crippen molar-refractivity contribution >= 4 is 0 Å². The van der Waals surface area contributed by atoms with Crippen molar-refractivity contribution < 1.29 is 4.74 Å². The van der Waals surface area contributed by atoms with E-state index in [1.165, 1.54) is 39.1 Å². The number of hydrogen-bond donors (Lipinski definition) is 1. The van der Waals surface area contributed by atoms with Gasteiger partial charge in [-0.2, -0.15) is 0 Å². The number of ether oxygens (including phenoxy) is 1. The Hall–Kier alpha value is -0.160. The lowest BCUT2D eigenvalue weighted by atomic mass is 10.1.